The molecule has 3 aromatic rings. The molecule has 0 aliphatic rings. The molecule has 3 rings (SSSR count). The van der Waals surface area contributed by atoms with Crippen LogP contribution in [0.15, 0.2) is 23.4 Å². The molecule has 0 unspecified atom stereocenters. The van der Waals surface area contributed by atoms with Crippen LogP contribution in [0.2, 0.25) is 0 Å². The van der Waals surface area contributed by atoms with E-state index in [0.717, 1.165) is 34.1 Å². The first-order valence-corrected chi connectivity index (χ1v) is 10.9. The second kappa shape index (κ2) is 8.83. The van der Waals surface area contributed by atoms with E-state index >= 15 is 0 Å². The number of amides is 1. The van der Waals surface area contributed by atoms with Crippen LogP contribution in [-0.2, 0) is 11.2 Å². The Bertz CT molecular complexity index is 979. The topological polar surface area (TPSA) is 85.6 Å². The Morgan fingerprint density at radius 2 is 1.96 bits per heavy atom. The molecule has 1 N–H and O–H groups in total. The van der Waals surface area contributed by atoms with Crippen LogP contribution in [0.4, 0.5) is 5.13 Å². The normalized spacial score (nSPS) is 11.2. The fourth-order valence-electron chi connectivity index (χ4n) is 2.70. The van der Waals surface area contributed by atoms with E-state index in [9.17, 15) is 4.79 Å². The van der Waals surface area contributed by atoms with Crippen molar-refractivity contribution in [2.75, 3.05) is 11.1 Å². The Balaban J connectivity index is 1.67. The van der Waals surface area contributed by atoms with E-state index in [-0.39, 0.29) is 11.7 Å². The fourth-order valence-corrected chi connectivity index (χ4v) is 4.45. The van der Waals surface area contributed by atoms with Crippen molar-refractivity contribution in [3.05, 3.63) is 40.2 Å². The predicted molar refractivity (Wildman–Crippen MR) is 113 cm³/mol. The molecular weight excluding hydrogens is 392 g/mol. The molecule has 1 amide bonds. The van der Waals surface area contributed by atoms with Crippen molar-refractivity contribution in [1.29, 1.82) is 0 Å². The van der Waals surface area contributed by atoms with E-state index in [1.165, 1.54) is 23.1 Å². The molecule has 0 saturated carbocycles. The zero-order valence-corrected chi connectivity index (χ0v) is 18.3. The number of nitrogens with one attached hydrogen (secondary N) is 1. The number of nitrogens with zero attached hydrogens (tertiary/aromatic N) is 5. The summed E-state index contributed by atoms with van der Waals surface area (Å²) in [7, 11) is 0. The molecule has 148 valence electrons. The number of thioether (sulfide) groups is 1. The van der Waals surface area contributed by atoms with E-state index < -0.39 is 0 Å². The zero-order valence-electron chi connectivity index (χ0n) is 16.7. The molecule has 0 radical (unpaired) electrons. The first-order valence-electron chi connectivity index (χ1n) is 9.08. The summed E-state index contributed by atoms with van der Waals surface area (Å²) in [6.45, 7) is 10.3. The lowest BCUT2D eigenvalue weighted by molar-refractivity contribution is -0.113. The van der Waals surface area contributed by atoms with Gasteiger partial charge in [0.2, 0.25) is 11.0 Å². The molecule has 0 aliphatic heterocycles. The van der Waals surface area contributed by atoms with Gasteiger partial charge in [-0.1, -0.05) is 49.1 Å². The van der Waals surface area contributed by atoms with Crippen LogP contribution in [-0.4, -0.2) is 36.6 Å². The smallest absolute Gasteiger partial charge is 0.236 e. The summed E-state index contributed by atoms with van der Waals surface area (Å²) in [4.78, 5) is 12.3. The molecule has 2 heterocycles. The highest BCUT2D eigenvalue weighted by atomic mass is 32.2. The number of aromatic nitrogens is 5. The molecule has 7 nitrogen and oxygen atoms in total. The lowest BCUT2D eigenvalue weighted by Gasteiger charge is -2.12. The number of hydrogen-bond acceptors (Lipinski definition) is 7. The van der Waals surface area contributed by atoms with Gasteiger partial charge < -0.3 is 0 Å². The number of benzene rings is 1. The third-order valence-corrected chi connectivity index (χ3v) is 5.82. The Hall–Kier alpha value is -2.26. The van der Waals surface area contributed by atoms with Gasteiger partial charge in [0.15, 0.2) is 5.16 Å². The van der Waals surface area contributed by atoms with Crippen molar-refractivity contribution in [3.8, 4) is 5.69 Å². The van der Waals surface area contributed by atoms with Crippen LogP contribution in [0.25, 0.3) is 5.69 Å². The van der Waals surface area contributed by atoms with E-state index in [4.69, 9.17) is 0 Å². The molecule has 0 bridgehead atoms. The van der Waals surface area contributed by atoms with Crippen molar-refractivity contribution >= 4 is 34.1 Å². The molecule has 0 fully saturated rings. The highest BCUT2D eigenvalue weighted by Gasteiger charge is 2.16. The average molecular weight is 417 g/mol. The maximum Gasteiger partial charge on any atom is 0.236 e. The standard InChI is InChI=1S/C19H24N6OS2/c1-11(2)8-17-22-23-18(28-17)20-16(26)10-27-19-24-21-14(5)25(19)15-9-12(3)6-7-13(15)4/h6-7,9,11H,8,10H2,1-5H3,(H,20,23,26). The van der Waals surface area contributed by atoms with Gasteiger partial charge in [-0.2, -0.15) is 0 Å². The van der Waals surface area contributed by atoms with Crippen molar-refractivity contribution < 1.29 is 4.79 Å². The van der Waals surface area contributed by atoms with Crippen LogP contribution >= 0.6 is 23.1 Å². The summed E-state index contributed by atoms with van der Waals surface area (Å²) in [5.41, 5.74) is 3.33. The molecule has 0 saturated heterocycles. The summed E-state index contributed by atoms with van der Waals surface area (Å²) in [6, 6.07) is 6.26. The lowest BCUT2D eigenvalue weighted by Crippen LogP contribution is -2.14. The van der Waals surface area contributed by atoms with E-state index in [1.807, 2.05) is 11.5 Å². The van der Waals surface area contributed by atoms with Gasteiger partial charge in [0, 0.05) is 6.42 Å². The van der Waals surface area contributed by atoms with Crippen LogP contribution in [0, 0.1) is 26.7 Å². The lowest BCUT2D eigenvalue weighted by atomic mass is 10.1. The van der Waals surface area contributed by atoms with Gasteiger partial charge in [-0.05, 0) is 43.9 Å². The molecule has 28 heavy (non-hydrogen) atoms. The van der Waals surface area contributed by atoms with Crippen molar-refractivity contribution in [3.63, 3.8) is 0 Å². The van der Waals surface area contributed by atoms with Gasteiger partial charge in [0.1, 0.15) is 10.8 Å². The number of carbonyl (C=O) groups excluding carboxylic acids is 1. The SMILES string of the molecule is Cc1ccc(C)c(-n2c(C)nnc2SCC(=O)Nc2nnc(CC(C)C)s2)c1. The molecular formula is C19H24N6OS2. The maximum absolute atomic E-state index is 12.3. The Kier molecular flexibility index (Phi) is 6.46. The number of carbonyl (C=O) groups is 1. The van der Waals surface area contributed by atoms with Gasteiger partial charge in [-0.3, -0.25) is 14.7 Å². The van der Waals surface area contributed by atoms with Gasteiger partial charge in [-0.25, -0.2) is 0 Å². The number of rotatable bonds is 7. The van der Waals surface area contributed by atoms with Crippen LogP contribution in [0.3, 0.4) is 0 Å². The van der Waals surface area contributed by atoms with Gasteiger partial charge in [-0.15, -0.1) is 20.4 Å². The minimum absolute atomic E-state index is 0.134. The minimum atomic E-state index is -0.134. The Labute approximate surface area is 173 Å². The van der Waals surface area contributed by atoms with Gasteiger partial charge in [0.05, 0.1) is 11.4 Å². The number of aryl methyl sites for hydroxylation is 3. The Morgan fingerprint density at radius 3 is 2.71 bits per heavy atom. The number of anilines is 1. The van der Waals surface area contributed by atoms with E-state index in [0.29, 0.717) is 16.2 Å². The summed E-state index contributed by atoms with van der Waals surface area (Å²) < 4.78 is 1.99. The molecule has 1 aromatic carbocycles. The van der Waals surface area contributed by atoms with E-state index in [2.05, 4.69) is 71.6 Å². The van der Waals surface area contributed by atoms with E-state index in [1.54, 1.807) is 0 Å². The second-order valence-corrected chi connectivity index (χ2v) is 9.10. The summed E-state index contributed by atoms with van der Waals surface area (Å²) >= 11 is 2.78. The monoisotopic (exact) mass is 416 g/mol. The van der Waals surface area contributed by atoms with Crippen LogP contribution in [0.5, 0.6) is 0 Å². The first-order chi connectivity index (χ1) is 13.3. The number of hydrogen-bond donors (Lipinski definition) is 1. The minimum Gasteiger partial charge on any atom is -0.300 e. The van der Waals surface area contributed by atoms with Crippen LogP contribution in [0.1, 0.15) is 35.8 Å². The molecule has 2 aromatic heterocycles. The molecule has 0 spiro atoms. The highest BCUT2D eigenvalue weighted by molar-refractivity contribution is 7.99. The quantitative estimate of drug-likeness (QED) is 0.587. The van der Waals surface area contributed by atoms with Crippen molar-refractivity contribution in [2.45, 2.75) is 46.2 Å². The average Bonchev–Trinajstić information content (AvgIpc) is 3.21. The van der Waals surface area contributed by atoms with Crippen molar-refractivity contribution in [1.82, 2.24) is 25.0 Å². The van der Waals surface area contributed by atoms with Gasteiger partial charge in [0.25, 0.3) is 0 Å². The predicted octanol–water partition coefficient (Wildman–Crippen LogP) is 3.97. The third-order valence-electron chi connectivity index (χ3n) is 4.03. The maximum atomic E-state index is 12.3. The van der Waals surface area contributed by atoms with Crippen LogP contribution < -0.4 is 5.32 Å². The summed E-state index contributed by atoms with van der Waals surface area (Å²) in [5, 5.41) is 21.6. The zero-order chi connectivity index (χ0) is 20.3. The molecule has 9 heteroatoms. The second-order valence-electron chi connectivity index (χ2n) is 7.09. The summed E-state index contributed by atoms with van der Waals surface area (Å²) in [6.07, 6.45) is 0.862. The largest absolute Gasteiger partial charge is 0.300 e. The molecule has 0 atom stereocenters. The highest BCUT2D eigenvalue weighted by Crippen LogP contribution is 2.25. The fraction of sp³-hybridized carbons (Fsp3) is 0.421. The van der Waals surface area contributed by atoms with Gasteiger partial charge >= 0.3 is 0 Å². The first kappa shape index (κ1) is 20.5. The third kappa shape index (κ3) is 4.96. The summed E-state index contributed by atoms with van der Waals surface area (Å²) in [5.74, 6) is 1.39. The van der Waals surface area contributed by atoms with Crippen molar-refractivity contribution in [2.24, 2.45) is 5.92 Å². The Morgan fingerprint density at radius 1 is 1.18 bits per heavy atom. The molecule has 0 aliphatic carbocycles.